The van der Waals surface area contributed by atoms with E-state index in [0.29, 0.717) is 12.1 Å². The number of aromatic nitrogens is 2. The zero-order valence-corrected chi connectivity index (χ0v) is 15.6. The molecule has 0 saturated carbocycles. The Bertz CT molecular complexity index is 940. The molecule has 0 spiro atoms. The molecule has 3 aromatic rings. The number of urea groups is 1. The molecule has 0 unspecified atom stereocenters. The molecular formula is C20H19F3N4O2. The lowest BCUT2D eigenvalue weighted by atomic mass is 10.1. The minimum Gasteiger partial charge on any atom is -0.413 e. The van der Waals surface area contributed by atoms with E-state index >= 15 is 0 Å². The number of nitrogens with one attached hydrogen (secondary N) is 1. The van der Waals surface area contributed by atoms with Crippen LogP contribution in [0.3, 0.4) is 0 Å². The van der Waals surface area contributed by atoms with Crippen LogP contribution in [0.2, 0.25) is 0 Å². The highest BCUT2D eigenvalue weighted by molar-refractivity contribution is 5.91. The van der Waals surface area contributed by atoms with Crippen molar-refractivity contribution in [2.45, 2.75) is 26.1 Å². The first-order valence-corrected chi connectivity index (χ1v) is 8.99. The first-order chi connectivity index (χ1) is 13.9. The number of alkyl halides is 3. The smallest absolute Gasteiger partial charge is 0.413 e. The van der Waals surface area contributed by atoms with Crippen LogP contribution in [0.1, 0.15) is 24.8 Å². The van der Waals surface area contributed by atoms with Crippen LogP contribution in [-0.4, -0.2) is 22.8 Å². The van der Waals surface area contributed by atoms with Crippen molar-refractivity contribution in [3.63, 3.8) is 0 Å². The first-order valence-electron chi connectivity index (χ1n) is 8.99. The summed E-state index contributed by atoms with van der Waals surface area (Å²) in [5.41, 5.74) is 1.88. The summed E-state index contributed by atoms with van der Waals surface area (Å²) < 4.78 is 42.5. The number of hydrogen-bond acceptors (Lipinski definition) is 4. The lowest BCUT2D eigenvalue weighted by Gasteiger charge is -2.23. The highest BCUT2D eigenvalue weighted by atomic mass is 19.4. The topological polar surface area (TPSA) is 71.3 Å². The van der Waals surface area contributed by atoms with Gasteiger partial charge in [0.15, 0.2) is 0 Å². The average molecular weight is 404 g/mol. The largest absolute Gasteiger partial charge is 0.470 e. The minimum absolute atomic E-state index is 0.218. The van der Waals surface area contributed by atoms with Crippen molar-refractivity contribution >= 4 is 11.7 Å². The molecule has 29 heavy (non-hydrogen) atoms. The second kappa shape index (κ2) is 8.76. The van der Waals surface area contributed by atoms with E-state index in [9.17, 15) is 18.0 Å². The number of nitrogens with zero attached hydrogens (tertiary/aromatic N) is 3. The number of carbonyl (C=O) groups excluding carboxylic acids is 1. The summed E-state index contributed by atoms with van der Waals surface area (Å²) in [7, 11) is 0. The Morgan fingerprint density at radius 1 is 1.07 bits per heavy atom. The van der Waals surface area contributed by atoms with Gasteiger partial charge in [0.25, 0.3) is 0 Å². The van der Waals surface area contributed by atoms with E-state index in [1.807, 2.05) is 37.3 Å². The van der Waals surface area contributed by atoms with Crippen molar-refractivity contribution in [1.82, 2.24) is 15.5 Å². The van der Waals surface area contributed by atoms with Gasteiger partial charge < -0.3 is 9.73 Å². The maximum Gasteiger partial charge on any atom is 0.470 e. The lowest BCUT2D eigenvalue weighted by Crippen LogP contribution is -2.40. The van der Waals surface area contributed by atoms with Crippen molar-refractivity contribution < 1.29 is 22.4 Å². The molecule has 0 aliphatic rings. The number of benzene rings is 2. The summed E-state index contributed by atoms with van der Waals surface area (Å²) in [6, 6.07) is 15.5. The molecule has 0 atom stereocenters. The SMILES string of the molecule is CCCNC(=O)N(Cc1ccc(-c2nnc(C(F)(F)F)o2)cc1)c1ccccc1. The Morgan fingerprint density at radius 3 is 2.34 bits per heavy atom. The van der Waals surface area contributed by atoms with E-state index in [4.69, 9.17) is 0 Å². The number of anilines is 1. The van der Waals surface area contributed by atoms with Gasteiger partial charge in [-0.15, -0.1) is 10.2 Å². The highest BCUT2D eigenvalue weighted by Gasteiger charge is 2.38. The fraction of sp³-hybridized carbons (Fsp3) is 0.250. The van der Waals surface area contributed by atoms with Crippen LogP contribution in [0.25, 0.3) is 11.5 Å². The normalized spacial score (nSPS) is 11.3. The van der Waals surface area contributed by atoms with Gasteiger partial charge in [0.1, 0.15) is 0 Å². The van der Waals surface area contributed by atoms with Gasteiger partial charge in [-0.05, 0) is 36.2 Å². The van der Waals surface area contributed by atoms with Crippen LogP contribution in [0.5, 0.6) is 0 Å². The van der Waals surface area contributed by atoms with Crippen LogP contribution in [-0.2, 0) is 12.7 Å². The summed E-state index contributed by atoms with van der Waals surface area (Å²) in [6.45, 7) is 2.81. The van der Waals surface area contributed by atoms with Crippen molar-refractivity contribution in [2.75, 3.05) is 11.4 Å². The number of hydrogen-bond donors (Lipinski definition) is 1. The monoisotopic (exact) mass is 404 g/mol. The number of rotatable bonds is 6. The Morgan fingerprint density at radius 2 is 1.76 bits per heavy atom. The van der Waals surface area contributed by atoms with Crippen LogP contribution >= 0.6 is 0 Å². The Kier molecular flexibility index (Phi) is 6.16. The van der Waals surface area contributed by atoms with Gasteiger partial charge in [0, 0.05) is 17.8 Å². The third-order valence-electron chi connectivity index (χ3n) is 4.05. The fourth-order valence-corrected chi connectivity index (χ4v) is 2.61. The minimum atomic E-state index is -4.69. The molecule has 0 saturated heterocycles. The molecule has 6 nitrogen and oxygen atoms in total. The van der Waals surface area contributed by atoms with Crippen LogP contribution in [0, 0.1) is 0 Å². The fourth-order valence-electron chi connectivity index (χ4n) is 2.61. The molecule has 2 aromatic carbocycles. The molecule has 0 bridgehead atoms. The second-order valence-corrected chi connectivity index (χ2v) is 6.26. The van der Waals surface area contributed by atoms with Gasteiger partial charge in [0.2, 0.25) is 5.89 Å². The lowest BCUT2D eigenvalue weighted by molar-refractivity contribution is -0.156. The number of para-hydroxylation sites is 1. The van der Waals surface area contributed by atoms with Gasteiger partial charge in [-0.2, -0.15) is 13.2 Å². The van der Waals surface area contributed by atoms with Gasteiger partial charge in [-0.1, -0.05) is 37.3 Å². The quantitative estimate of drug-likeness (QED) is 0.636. The molecule has 0 aliphatic carbocycles. The molecule has 2 amide bonds. The summed E-state index contributed by atoms with van der Waals surface area (Å²) in [6.07, 6.45) is -3.87. The molecule has 0 aliphatic heterocycles. The van der Waals surface area contributed by atoms with Crippen molar-refractivity contribution in [2.24, 2.45) is 0 Å². The van der Waals surface area contributed by atoms with Crippen LogP contribution in [0.15, 0.2) is 59.0 Å². The molecule has 1 N–H and O–H groups in total. The summed E-state index contributed by atoms with van der Waals surface area (Å²) in [5, 5.41) is 9.32. The summed E-state index contributed by atoms with van der Waals surface area (Å²) in [5.74, 6) is -1.61. The van der Waals surface area contributed by atoms with Crippen LogP contribution < -0.4 is 10.2 Å². The molecular weight excluding hydrogens is 385 g/mol. The predicted octanol–water partition coefficient (Wildman–Crippen LogP) is 4.88. The van der Waals surface area contributed by atoms with Gasteiger partial charge in [-0.25, -0.2) is 4.79 Å². The Balaban J connectivity index is 1.78. The number of carbonyl (C=O) groups is 1. The number of halogens is 3. The predicted molar refractivity (Wildman–Crippen MR) is 101 cm³/mol. The highest BCUT2D eigenvalue weighted by Crippen LogP contribution is 2.30. The Labute approximate surface area is 165 Å². The molecule has 3 rings (SSSR count). The maximum absolute atomic E-state index is 12.6. The van der Waals surface area contributed by atoms with E-state index in [0.717, 1.165) is 17.7 Å². The maximum atomic E-state index is 12.6. The van der Waals surface area contributed by atoms with Crippen molar-refractivity contribution in [1.29, 1.82) is 0 Å². The third-order valence-corrected chi connectivity index (χ3v) is 4.05. The molecule has 0 fully saturated rings. The Hall–Kier alpha value is -3.36. The zero-order chi connectivity index (χ0) is 20.9. The van der Waals surface area contributed by atoms with Gasteiger partial charge >= 0.3 is 18.1 Å². The number of amides is 2. The molecule has 0 radical (unpaired) electrons. The summed E-state index contributed by atoms with van der Waals surface area (Å²) in [4.78, 5) is 14.2. The van der Waals surface area contributed by atoms with E-state index in [1.54, 1.807) is 29.2 Å². The molecule has 152 valence electrons. The van der Waals surface area contributed by atoms with Crippen molar-refractivity contribution in [3.05, 3.63) is 66.1 Å². The van der Waals surface area contributed by atoms with Crippen LogP contribution in [0.4, 0.5) is 23.7 Å². The summed E-state index contributed by atoms with van der Waals surface area (Å²) >= 11 is 0. The van der Waals surface area contributed by atoms with Gasteiger partial charge in [0.05, 0.1) is 6.54 Å². The van der Waals surface area contributed by atoms with E-state index in [1.165, 1.54) is 0 Å². The second-order valence-electron chi connectivity index (χ2n) is 6.26. The first kappa shape index (κ1) is 20.4. The van der Waals surface area contributed by atoms with E-state index < -0.39 is 12.1 Å². The zero-order valence-electron chi connectivity index (χ0n) is 15.6. The molecule has 1 aromatic heterocycles. The van der Waals surface area contributed by atoms with Crippen molar-refractivity contribution in [3.8, 4) is 11.5 Å². The average Bonchev–Trinajstić information content (AvgIpc) is 3.22. The molecule has 1 heterocycles. The van der Waals surface area contributed by atoms with E-state index in [2.05, 4.69) is 19.9 Å². The standard InChI is InChI=1S/C20H19F3N4O2/c1-2-12-24-19(28)27(16-6-4-3-5-7-16)13-14-8-10-15(11-9-14)17-25-26-18(29-17)20(21,22)23/h3-11H,2,12-13H2,1H3,(H,24,28). The van der Waals surface area contributed by atoms with Gasteiger partial charge in [-0.3, -0.25) is 4.90 Å². The third kappa shape index (κ3) is 5.13. The van der Waals surface area contributed by atoms with E-state index in [-0.39, 0.29) is 18.5 Å². The molecule has 9 heteroatoms.